The molecule has 1 nitrogen and oxygen atoms in total. The number of nitrogens with zero attached hydrogens (tertiary/aromatic N) is 1. The van der Waals surface area contributed by atoms with Gasteiger partial charge in [0.2, 0.25) is 0 Å². The first-order valence-corrected chi connectivity index (χ1v) is 10.6. The molecule has 0 bridgehead atoms. The third-order valence-electron chi connectivity index (χ3n) is 6.60. The number of hydrogen-bond donors (Lipinski definition) is 0. The summed E-state index contributed by atoms with van der Waals surface area (Å²) in [5.41, 5.74) is 1.61. The fourth-order valence-electron chi connectivity index (χ4n) is 4.99. The van der Waals surface area contributed by atoms with E-state index in [4.69, 9.17) is 5.26 Å². The van der Waals surface area contributed by atoms with Crippen molar-refractivity contribution in [3.05, 3.63) is 36.5 Å². The van der Waals surface area contributed by atoms with E-state index in [-0.39, 0.29) is 0 Å². The van der Waals surface area contributed by atoms with Gasteiger partial charge >= 0.3 is 0 Å². The van der Waals surface area contributed by atoms with E-state index in [1.165, 1.54) is 76.7 Å². The van der Waals surface area contributed by atoms with Crippen molar-refractivity contribution in [1.29, 1.82) is 5.26 Å². The molecule has 2 aliphatic rings. The minimum absolute atomic E-state index is 0.804. The second-order valence-electron chi connectivity index (χ2n) is 8.29. The maximum atomic E-state index is 8.45. The Balaban J connectivity index is 1.64. The van der Waals surface area contributed by atoms with E-state index in [9.17, 15) is 0 Å². The molecule has 0 aromatic rings. The van der Waals surface area contributed by atoms with Crippen LogP contribution in [-0.4, -0.2) is 0 Å². The van der Waals surface area contributed by atoms with Gasteiger partial charge < -0.3 is 0 Å². The Morgan fingerprint density at radius 1 is 0.920 bits per heavy atom. The van der Waals surface area contributed by atoms with Crippen LogP contribution in [0.3, 0.4) is 0 Å². The zero-order chi connectivity index (χ0) is 17.9. The second kappa shape index (κ2) is 11.3. The molecule has 0 atom stereocenters. The van der Waals surface area contributed by atoms with Gasteiger partial charge in [-0.15, -0.1) is 0 Å². The van der Waals surface area contributed by atoms with Crippen LogP contribution in [0.5, 0.6) is 0 Å². The zero-order valence-electron chi connectivity index (χ0n) is 16.3. The second-order valence-corrected chi connectivity index (χ2v) is 8.29. The molecule has 0 amide bonds. The summed E-state index contributed by atoms with van der Waals surface area (Å²) in [6, 6.07) is 2.02. The Morgan fingerprint density at radius 2 is 1.48 bits per heavy atom. The summed E-state index contributed by atoms with van der Waals surface area (Å²) in [4.78, 5) is 0. The largest absolute Gasteiger partial charge is 0.193 e. The molecule has 0 unspecified atom stereocenters. The Bertz CT molecular complexity index is 477. The maximum absolute atomic E-state index is 8.45. The van der Waals surface area contributed by atoms with Gasteiger partial charge in [0.15, 0.2) is 0 Å². The van der Waals surface area contributed by atoms with Gasteiger partial charge in [-0.2, -0.15) is 5.26 Å². The van der Waals surface area contributed by atoms with E-state index >= 15 is 0 Å². The third-order valence-corrected chi connectivity index (χ3v) is 6.60. The van der Waals surface area contributed by atoms with E-state index in [1.54, 1.807) is 5.57 Å². The van der Waals surface area contributed by atoms with Crippen LogP contribution < -0.4 is 0 Å². The number of allylic oxidation sites excluding steroid dienone is 5. The standard InChI is InChI=1S/C24H37N/c1-3-9-21-11-15-23(16-12-21)20(2)24-17-13-22(14-18-24)10-7-5-4-6-8-19-25/h4-6,8,21-24H,2-3,7,9-18H2,1H3/b5-4+,8-6+. The Morgan fingerprint density at radius 3 is 2.00 bits per heavy atom. The summed E-state index contributed by atoms with van der Waals surface area (Å²) in [6.07, 6.45) is 24.0. The van der Waals surface area contributed by atoms with Crippen LogP contribution in [-0.2, 0) is 0 Å². The molecule has 138 valence electrons. The average Bonchev–Trinajstić information content (AvgIpc) is 2.65. The van der Waals surface area contributed by atoms with Crippen LogP contribution in [0.2, 0.25) is 0 Å². The Kier molecular flexibility index (Phi) is 9.09. The SMILES string of the molecule is C=C(C1CCC(CCC)CC1)C1CCC(CC/C=C/C=C/C#N)CC1. The van der Waals surface area contributed by atoms with Gasteiger partial charge in [0.25, 0.3) is 0 Å². The smallest absolute Gasteiger partial charge is 0.0912 e. The fraction of sp³-hybridized carbons (Fsp3) is 0.708. The highest BCUT2D eigenvalue weighted by atomic mass is 14.3. The normalized spacial score (nSPS) is 30.6. The molecule has 2 rings (SSSR count). The molecular formula is C24H37N. The maximum Gasteiger partial charge on any atom is 0.0912 e. The first-order valence-electron chi connectivity index (χ1n) is 10.6. The molecule has 0 aliphatic heterocycles. The molecular weight excluding hydrogens is 302 g/mol. The summed E-state index contributed by atoms with van der Waals surface area (Å²) in [7, 11) is 0. The van der Waals surface area contributed by atoms with Crippen molar-refractivity contribution < 1.29 is 0 Å². The van der Waals surface area contributed by atoms with Gasteiger partial charge in [-0.25, -0.2) is 0 Å². The number of nitriles is 1. The molecule has 2 fully saturated rings. The van der Waals surface area contributed by atoms with Gasteiger partial charge in [0.05, 0.1) is 6.07 Å². The lowest BCUT2D eigenvalue weighted by molar-refractivity contribution is 0.241. The van der Waals surface area contributed by atoms with Gasteiger partial charge in [-0.1, -0.05) is 50.1 Å². The van der Waals surface area contributed by atoms with E-state index < -0.39 is 0 Å². The summed E-state index contributed by atoms with van der Waals surface area (Å²) in [5.74, 6) is 3.53. The number of rotatable bonds is 8. The van der Waals surface area contributed by atoms with Crippen LogP contribution >= 0.6 is 0 Å². The molecule has 0 heterocycles. The lowest BCUT2D eigenvalue weighted by atomic mass is 9.70. The van der Waals surface area contributed by atoms with Crippen molar-refractivity contribution in [2.75, 3.05) is 0 Å². The predicted octanol–water partition coefficient (Wildman–Crippen LogP) is 7.37. The lowest BCUT2D eigenvalue weighted by Crippen LogP contribution is -2.23. The van der Waals surface area contributed by atoms with Crippen LogP contribution in [0.25, 0.3) is 0 Å². The minimum atomic E-state index is 0.804. The van der Waals surface area contributed by atoms with Crippen LogP contribution in [0.1, 0.15) is 84.0 Å². The average molecular weight is 340 g/mol. The molecule has 1 heteroatoms. The van der Waals surface area contributed by atoms with Gasteiger partial charge in [-0.05, 0) is 87.9 Å². The summed E-state index contributed by atoms with van der Waals surface area (Å²) >= 11 is 0. The van der Waals surface area contributed by atoms with Gasteiger partial charge in [0, 0.05) is 6.08 Å². The number of hydrogen-bond acceptors (Lipinski definition) is 1. The zero-order valence-corrected chi connectivity index (χ0v) is 16.3. The predicted molar refractivity (Wildman–Crippen MR) is 108 cm³/mol. The highest BCUT2D eigenvalue weighted by Gasteiger charge is 2.29. The van der Waals surface area contributed by atoms with Crippen LogP contribution in [0, 0.1) is 35.0 Å². The first-order chi connectivity index (χ1) is 12.2. The van der Waals surface area contributed by atoms with Crippen molar-refractivity contribution in [1.82, 2.24) is 0 Å². The highest BCUT2D eigenvalue weighted by Crippen LogP contribution is 2.42. The molecule has 0 radical (unpaired) electrons. The van der Waals surface area contributed by atoms with Crippen molar-refractivity contribution in [2.24, 2.45) is 23.7 Å². The molecule has 0 N–H and O–H groups in total. The first kappa shape index (κ1) is 20.0. The Hall–Kier alpha value is -1.29. The summed E-state index contributed by atoms with van der Waals surface area (Å²) in [5, 5.41) is 8.45. The molecule has 0 saturated heterocycles. The van der Waals surface area contributed by atoms with Crippen LogP contribution in [0.4, 0.5) is 0 Å². The monoisotopic (exact) mass is 339 g/mol. The van der Waals surface area contributed by atoms with Crippen molar-refractivity contribution in [3.8, 4) is 6.07 Å². The summed E-state index contributed by atoms with van der Waals surface area (Å²) in [6.45, 7) is 6.88. The third kappa shape index (κ3) is 6.85. The lowest BCUT2D eigenvalue weighted by Gasteiger charge is -2.36. The Labute approximate surface area is 155 Å². The molecule has 0 spiro atoms. The van der Waals surface area contributed by atoms with E-state index in [0.717, 1.165) is 30.1 Å². The molecule has 0 aromatic heterocycles. The van der Waals surface area contributed by atoms with E-state index in [1.807, 2.05) is 18.2 Å². The van der Waals surface area contributed by atoms with E-state index in [0.29, 0.717) is 0 Å². The summed E-state index contributed by atoms with van der Waals surface area (Å²) < 4.78 is 0. The topological polar surface area (TPSA) is 23.8 Å². The minimum Gasteiger partial charge on any atom is -0.193 e. The van der Waals surface area contributed by atoms with Gasteiger partial charge in [-0.3, -0.25) is 0 Å². The molecule has 25 heavy (non-hydrogen) atoms. The quantitative estimate of drug-likeness (QED) is 0.257. The fourth-order valence-corrected chi connectivity index (χ4v) is 4.99. The highest BCUT2D eigenvalue weighted by molar-refractivity contribution is 5.11. The molecule has 2 saturated carbocycles. The molecule has 2 aliphatic carbocycles. The van der Waals surface area contributed by atoms with E-state index in [2.05, 4.69) is 19.6 Å². The van der Waals surface area contributed by atoms with Crippen molar-refractivity contribution >= 4 is 0 Å². The van der Waals surface area contributed by atoms with Crippen LogP contribution in [0.15, 0.2) is 36.5 Å². The van der Waals surface area contributed by atoms with Crippen molar-refractivity contribution in [2.45, 2.75) is 84.0 Å². The molecule has 0 aromatic carbocycles. The van der Waals surface area contributed by atoms with Gasteiger partial charge in [0.1, 0.15) is 0 Å². The van der Waals surface area contributed by atoms with Crippen molar-refractivity contribution in [3.63, 3.8) is 0 Å².